The molecule has 0 unspecified atom stereocenters. The largest absolute Gasteiger partial charge is 0.310 e. The molecular formula is C46H29NS. The van der Waals surface area contributed by atoms with Crippen molar-refractivity contribution < 1.29 is 0 Å². The Morgan fingerprint density at radius 3 is 1.71 bits per heavy atom. The van der Waals surface area contributed by atoms with Crippen molar-refractivity contribution in [2.45, 2.75) is 0 Å². The van der Waals surface area contributed by atoms with Gasteiger partial charge in [0.2, 0.25) is 0 Å². The molecule has 1 heterocycles. The van der Waals surface area contributed by atoms with Crippen LogP contribution in [0.25, 0.3) is 74.4 Å². The minimum absolute atomic E-state index is 1.13. The van der Waals surface area contributed by atoms with Gasteiger partial charge in [-0.15, -0.1) is 11.3 Å². The zero-order valence-corrected chi connectivity index (χ0v) is 26.9. The van der Waals surface area contributed by atoms with Crippen LogP contribution in [0.15, 0.2) is 176 Å². The van der Waals surface area contributed by atoms with Crippen molar-refractivity contribution in [3.8, 4) is 11.1 Å². The fraction of sp³-hybridized carbons (Fsp3) is 0. The molecule has 0 bridgehead atoms. The van der Waals surface area contributed by atoms with Crippen LogP contribution in [0.2, 0.25) is 0 Å². The molecule has 0 aliphatic rings. The van der Waals surface area contributed by atoms with E-state index in [0.717, 1.165) is 17.1 Å². The summed E-state index contributed by atoms with van der Waals surface area (Å²) in [6.07, 6.45) is 0. The number of benzene rings is 9. The Balaban J connectivity index is 1.20. The number of fused-ring (bicyclic) bond motifs is 11. The van der Waals surface area contributed by atoms with Gasteiger partial charge in [0.15, 0.2) is 0 Å². The fourth-order valence-electron chi connectivity index (χ4n) is 7.55. The number of anilines is 3. The molecule has 0 amide bonds. The Bertz CT molecular complexity index is 2830. The van der Waals surface area contributed by atoms with E-state index in [1.54, 1.807) is 0 Å². The van der Waals surface area contributed by atoms with Gasteiger partial charge >= 0.3 is 0 Å². The van der Waals surface area contributed by atoms with Crippen LogP contribution < -0.4 is 4.90 Å². The topological polar surface area (TPSA) is 3.24 Å². The standard InChI is InChI=1S/C46H29NS/c1-2-10-30(11-3-1)32-18-22-35(23-19-32)47(36-24-20-31-12-4-5-13-33(31)28-36)37-25-27-38-34(29-37)21-26-42-44(38)39-14-6-7-15-40(39)45-41-16-8-9-17-43(41)48-46(42)45/h1-29H. The first kappa shape index (κ1) is 27.2. The summed E-state index contributed by atoms with van der Waals surface area (Å²) in [4.78, 5) is 2.39. The molecule has 1 aromatic heterocycles. The van der Waals surface area contributed by atoms with Crippen LogP contribution in [0.4, 0.5) is 17.1 Å². The van der Waals surface area contributed by atoms with E-state index in [2.05, 4.69) is 181 Å². The summed E-state index contributed by atoms with van der Waals surface area (Å²) in [5, 5.41) is 13.0. The third-order valence-electron chi connectivity index (χ3n) is 9.79. The lowest BCUT2D eigenvalue weighted by atomic mass is 9.93. The van der Waals surface area contributed by atoms with Crippen molar-refractivity contribution in [1.29, 1.82) is 0 Å². The first-order valence-electron chi connectivity index (χ1n) is 16.4. The minimum atomic E-state index is 1.13. The predicted octanol–water partition coefficient (Wildman–Crippen LogP) is 13.8. The molecule has 0 radical (unpaired) electrons. The van der Waals surface area contributed by atoms with Crippen LogP contribution in [-0.4, -0.2) is 0 Å². The van der Waals surface area contributed by atoms with Crippen LogP contribution in [0.3, 0.4) is 0 Å². The van der Waals surface area contributed by atoms with Gasteiger partial charge in [-0.1, -0.05) is 133 Å². The highest BCUT2D eigenvalue weighted by Crippen LogP contribution is 2.46. The van der Waals surface area contributed by atoms with Crippen molar-refractivity contribution in [1.82, 2.24) is 0 Å². The molecule has 10 aromatic rings. The summed E-state index contributed by atoms with van der Waals surface area (Å²) < 4.78 is 2.71. The highest BCUT2D eigenvalue weighted by atomic mass is 32.1. The van der Waals surface area contributed by atoms with Crippen LogP contribution >= 0.6 is 11.3 Å². The number of thiophene rings is 1. The summed E-state index contributed by atoms with van der Waals surface area (Å²) in [7, 11) is 0. The molecule has 0 fully saturated rings. The van der Waals surface area contributed by atoms with Crippen molar-refractivity contribution in [3.63, 3.8) is 0 Å². The van der Waals surface area contributed by atoms with E-state index in [-0.39, 0.29) is 0 Å². The van der Waals surface area contributed by atoms with Gasteiger partial charge in [-0.25, -0.2) is 0 Å². The van der Waals surface area contributed by atoms with Crippen LogP contribution in [-0.2, 0) is 0 Å². The maximum atomic E-state index is 2.39. The summed E-state index contributed by atoms with van der Waals surface area (Å²) in [6, 6.07) is 64.3. The first-order chi connectivity index (χ1) is 23.8. The third kappa shape index (κ3) is 4.24. The third-order valence-corrected chi connectivity index (χ3v) is 11.0. The molecule has 0 aliphatic carbocycles. The van der Waals surface area contributed by atoms with Gasteiger partial charge in [-0.2, -0.15) is 0 Å². The van der Waals surface area contributed by atoms with E-state index in [1.165, 1.54) is 74.4 Å². The molecule has 1 nitrogen and oxygen atoms in total. The highest BCUT2D eigenvalue weighted by molar-refractivity contribution is 7.27. The molecule has 224 valence electrons. The van der Waals surface area contributed by atoms with Gasteiger partial charge in [-0.05, 0) is 91.3 Å². The molecule has 0 atom stereocenters. The molecule has 0 N–H and O–H groups in total. The normalized spacial score (nSPS) is 11.8. The number of rotatable bonds is 4. The lowest BCUT2D eigenvalue weighted by Crippen LogP contribution is -2.10. The summed E-state index contributed by atoms with van der Waals surface area (Å²) in [5.74, 6) is 0. The van der Waals surface area contributed by atoms with E-state index in [0.29, 0.717) is 0 Å². The Kier molecular flexibility index (Phi) is 6.12. The van der Waals surface area contributed by atoms with Crippen LogP contribution in [0, 0.1) is 0 Å². The first-order valence-corrected chi connectivity index (χ1v) is 17.2. The number of hydrogen-bond donors (Lipinski definition) is 0. The molecular weight excluding hydrogens is 599 g/mol. The van der Waals surface area contributed by atoms with Crippen molar-refractivity contribution in [3.05, 3.63) is 176 Å². The molecule has 2 heteroatoms. The van der Waals surface area contributed by atoms with E-state index in [1.807, 2.05) is 11.3 Å². The average molecular weight is 628 g/mol. The van der Waals surface area contributed by atoms with Gasteiger partial charge < -0.3 is 4.90 Å². The zero-order chi connectivity index (χ0) is 31.6. The smallest absolute Gasteiger partial charge is 0.0468 e. The molecule has 0 spiro atoms. The Morgan fingerprint density at radius 2 is 0.896 bits per heavy atom. The lowest BCUT2D eigenvalue weighted by molar-refractivity contribution is 1.29. The number of hydrogen-bond acceptors (Lipinski definition) is 2. The van der Waals surface area contributed by atoms with E-state index < -0.39 is 0 Å². The summed E-state index contributed by atoms with van der Waals surface area (Å²) >= 11 is 1.91. The second-order valence-electron chi connectivity index (χ2n) is 12.5. The fourth-order valence-corrected chi connectivity index (χ4v) is 8.80. The molecule has 9 aromatic carbocycles. The Morgan fingerprint density at radius 1 is 0.333 bits per heavy atom. The molecule has 48 heavy (non-hydrogen) atoms. The SMILES string of the molecule is c1ccc(-c2ccc(N(c3ccc4ccccc4c3)c3ccc4c(ccc5c6sc7ccccc7c6c6ccccc6c45)c3)cc2)cc1. The highest BCUT2D eigenvalue weighted by Gasteiger charge is 2.18. The molecule has 0 saturated heterocycles. The van der Waals surface area contributed by atoms with E-state index in [4.69, 9.17) is 0 Å². The van der Waals surface area contributed by atoms with Gasteiger partial charge in [-0.3, -0.25) is 0 Å². The van der Waals surface area contributed by atoms with Gasteiger partial charge in [0.05, 0.1) is 0 Å². The number of nitrogens with zero attached hydrogens (tertiary/aromatic N) is 1. The second-order valence-corrected chi connectivity index (χ2v) is 13.6. The van der Waals surface area contributed by atoms with Crippen molar-refractivity contribution in [2.24, 2.45) is 0 Å². The van der Waals surface area contributed by atoms with Crippen LogP contribution in [0.5, 0.6) is 0 Å². The monoisotopic (exact) mass is 627 g/mol. The molecule has 0 saturated carbocycles. The van der Waals surface area contributed by atoms with Crippen molar-refractivity contribution in [2.75, 3.05) is 4.90 Å². The lowest BCUT2D eigenvalue weighted by Gasteiger charge is -2.26. The maximum Gasteiger partial charge on any atom is 0.0468 e. The van der Waals surface area contributed by atoms with Crippen molar-refractivity contribution >= 4 is 91.7 Å². The quantitative estimate of drug-likeness (QED) is 0.176. The molecule has 0 aliphatic heterocycles. The average Bonchev–Trinajstić information content (AvgIpc) is 3.55. The van der Waals surface area contributed by atoms with E-state index in [9.17, 15) is 0 Å². The Hall–Kier alpha value is -5.96. The molecule has 10 rings (SSSR count). The van der Waals surface area contributed by atoms with Gasteiger partial charge in [0.1, 0.15) is 0 Å². The Labute approximate surface area is 282 Å². The second kappa shape index (κ2) is 10.8. The maximum absolute atomic E-state index is 2.39. The van der Waals surface area contributed by atoms with E-state index >= 15 is 0 Å². The van der Waals surface area contributed by atoms with Gasteiger partial charge in [0, 0.05) is 42.6 Å². The zero-order valence-electron chi connectivity index (χ0n) is 26.1. The summed E-state index contributed by atoms with van der Waals surface area (Å²) in [5.41, 5.74) is 5.83. The summed E-state index contributed by atoms with van der Waals surface area (Å²) in [6.45, 7) is 0. The predicted molar refractivity (Wildman–Crippen MR) is 209 cm³/mol. The minimum Gasteiger partial charge on any atom is -0.310 e. The van der Waals surface area contributed by atoms with Crippen LogP contribution in [0.1, 0.15) is 0 Å². The van der Waals surface area contributed by atoms with Gasteiger partial charge in [0.25, 0.3) is 0 Å².